The zero-order valence-corrected chi connectivity index (χ0v) is 30.2. The van der Waals surface area contributed by atoms with Crippen LogP contribution in [0.5, 0.6) is 0 Å². The number of likely N-dealkylation sites (tertiary alicyclic amines) is 2. The predicted octanol–water partition coefficient (Wildman–Crippen LogP) is 6.38. The summed E-state index contributed by atoms with van der Waals surface area (Å²) in [5.74, 6) is -0.758. The molecule has 2 fully saturated rings. The number of hydrogen-bond acceptors (Lipinski definition) is 8. The van der Waals surface area contributed by atoms with Crippen LogP contribution in [-0.2, 0) is 9.59 Å². The second kappa shape index (κ2) is 13.8. The third kappa shape index (κ3) is 6.28. The number of aromatic nitrogens is 4. The maximum Gasteiger partial charge on any atom is 0.273 e. The fourth-order valence-corrected chi connectivity index (χ4v) is 8.66. The topological polar surface area (TPSA) is 133 Å². The minimum absolute atomic E-state index is 0.176. The van der Waals surface area contributed by atoms with E-state index in [1.165, 1.54) is 22.7 Å². The first kappa shape index (κ1) is 33.5. The number of nitrogens with one attached hydrogen (secondary N) is 2. The first-order chi connectivity index (χ1) is 25.2. The maximum absolute atomic E-state index is 13.5. The Morgan fingerprint density at radius 2 is 1.06 bits per heavy atom. The first-order valence-electron chi connectivity index (χ1n) is 17.2. The van der Waals surface area contributed by atoms with E-state index in [1.54, 1.807) is 18.6 Å². The Kier molecular flexibility index (Phi) is 8.93. The molecule has 2 aromatic carbocycles. The fourth-order valence-electron chi connectivity index (χ4n) is 7.14. The third-order valence-corrected chi connectivity index (χ3v) is 11.2. The SMILES string of the molecule is Cc1nc2sccn2c1C(=O)N1CCC[C@H]1C(=O)Nc1ccc(C=Cc2ccc(NC(=O)[C@@H]3CCCN3C(=O)c3c(C)nc4sccn34)cc2)cc1. The number of anilines is 2. The quantitative estimate of drug-likeness (QED) is 0.175. The first-order valence-corrected chi connectivity index (χ1v) is 19.0. The molecule has 0 spiro atoms. The molecule has 2 aliphatic heterocycles. The average molecular weight is 733 g/mol. The molecule has 6 aromatic rings. The average Bonchev–Trinajstić information content (AvgIpc) is 3.98. The number of carbonyl (C=O) groups is 4. The van der Waals surface area contributed by atoms with Gasteiger partial charge < -0.3 is 20.4 Å². The van der Waals surface area contributed by atoms with Crippen molar-refractivity contribution in [2.75, 3.05) is 23.7 Å². The fraction of sp³-hybridized carbons (Fsp3) is 0.263. The minimum atomic E-state index is -0.549. The second-order valence-corrected chi connectivity index (χ2v) is 14.8. The molecule has 0 radical (unpaired) electrons. The molecule has 12 nitrogen and oxygen atoms in total. The number of thiazole rings is 2. The van der Waals surface area contributed by atoms with Gasteiger partial charge in [0.05, 0.1) is 11.4 Å². The monoisotopic (exact) mass is 732 g/mol. The normalized spacial score (nSPS) is 17.5. The van der Waals surface area contributed by atoms with E-state index in [0.29, 0.717) is 60.1 Å². The van der Waals surface area contributed by atoms with Crippen molar-refractivity contribution in [2.24, 2.45) is 0 Å². The number of amides is 4. The van der Waals surface area contributed by atoms with E-state index in [2.05, 4.69) is 20.6 Å². The molecule has 6 heterocycles. The lowest BCUT2D eigenvalue weighted by atomic mass is 10.1. The van der Waals surface area contributed by atoms with Crippen molar-refractivity contribution in [1.82, 2.24) is 28.6 Å². The van der Waals surface area contributed by atoms with E-state index in [0.717, 1.165) is 33.9 Å². The Bertz CT molecular complexity index is 2190. The van der Waals surface area contributed by atoms with Gasteiger partial charge in [-0.15, -0.1) is 22.7 Å². The minimum Gasteiger partial charge on any atom is -0.325 e. The molecule has 52 heavy (non-hydrogen) atoms. The number of nitrogens with zero attached hydrogens (tertiary/aromatic N) is 6. The number of rotatable bonds is 8. The van der Waals surface area contributed by atoms with Gasteiger partial charge >= 0.3 is 0 Å². The highest BCUT2D eigenvalue weighted by molar-refractivity contribution is 7.15. The van der Waals surface area contributed by atoms with Gasteiger partial charge in [-0.3, -0.25) is 28.0 Å². The Morgan fingerprint density at radius 3 is 1.46 bits per heavy atom. The number of benzene rings is 2. The molecule has 264 valence electrons. The van der Waals surface area contributed by atoms with Gasteiger partial charge in [-0.05, 0) is 74.9 Å². The molecule has 14 heteroatoms. The lowest BCUT2D eigenvalue weighted by molar-refractivity contribution is -0.120. The van der Waals surface area contributed by atoms with Gasteiger partial charge in [-0.2, -0.15) is 0 Å². The molecule has 2 saturated heterocycles. The van der Waals surface area contributed by atoms with Gasteiger partial charge in [0.25, 0.3) is 11.8 Å². The summed E-state index contributed by atoms with van der Waals surface area (Å²) < 4.78 is 3.60. The molecule has 2 atom stereocenters. The van der Waals surface area contributed by atoms with Crippen LogP contribution < -0.4 is 10.6 Å². The standard InChI is InChI=1S/C38H36N8O4S2/c1-23-31(45-19-21-51-37(45)39-23)35(49)43-17-3-5-29(43)33(47)41-27-13-9-25(10-14-27)7-8-26-11-15-28(16-12-26)42-34(48)30-6-4-18-44(30)36(50)32-24(2)40-38-46(32)20-22-52-38/h7-16,19-22,29-30H,3-6,17-18H2,1-2H3,(H,41,47)(H,42,48)/t29-,30-/m0/s1. The van der Waals surface area contributed by atoms with Crippen LogP contribution in [0.3, 0.4) is 0 Å². The van der Waals surface area contributed by atoms with Crippen LogP contribution in [-0.4, -0.2) is 77.4 Å². The lowest BCUT2D eigenvalue weighted by Gasteiger charge is -2.24. The molecule has 2 N–H and O–H groups in total. The number of imidazole rings is 2. The van der Waals surface area contributed by atoms with E-state index in [9.17, 15) is 19.2 Å². The summed E-state index contributed by atoms with van der Waals surface area (Å²) in [6, 6.07) is 14.0. The van der Waals surface area contributed by atoms with Crippen LogP contribution >= 0.6 is 22.7 Å². The molecular formula is C38H36N8O4S2. The van der Waals surface area contributed by atoms with E-state index in [4.69, 9.17) is 0 Å². The van der Waals surface area contributed by atoms with Gasteiger partial charge in [0.15, 0.2) is 9.92 Å². The zero-order valence-electron chi connectivity index (χ0n) is 28.6. The van der Waals surface area contributed by atoms with Crippen LogP contribution in [0.1, 0.15) is 69.2 Å². The van der Waals surface area contributed by atoms with Gasteiger partial charge in [-0.25, -0.2) is 9.97 Å². The van der Waals surface area contributed by atoms with Gasteiger partial charge in [-0.1, -0.05) is 36.4 Å². The Labute approximate surface area is 307 Å². The van der Waals surface area contributed by atoms with Crippen molar-refractivity contribution in [3.05, 3.63) is 106 Å². The van der Waals surface area contributed by atoms with Crippen molar-refractivity contribution in [1.29, 1.82) is 0 Å². The summed E-state index contributed by atoms with van der Waals surface area (Å²) in [5, 5.41) is 9.77. The molecule has 4 amide bonds. The van der Waals surface area contributed by atoms with Crippen molar-refractivity contribution >= 4 is 79.8 Å². The van der Waals surface area contributed by atoms with E-state index >= 15 is 0 Å². The predicted molar refractivity (Wildman–Crippen MR) is 203 cm³/mol. The largest absolute Gasteiger partial charge is 0.325 e. The molecule has 4 aromatic heterocycles. The van der Waals surface area contributed by atoms with Crippen LogP contribution in [0.15, 0.2) is 71.7 Å². The summed E-state index contributed by atoms with van der Waals surface area (Å²) in [5.41, 5.74) is 5.56. The summed E-state index contributed by atoms with van der Waals surface area (Å²) in [4.78, 5) is 67.5. The highest BCUT2D eigenvalue weighted by Gasteiger charge is 2.38. The van der Waals surface area contributed by atoms with E-state index < -0.39 is 12.1 Å². The Hall–Kier alpha value is -5.60. The van der Waals surface area contributed by atoms with E-state index in [-0.39, 0.29) is 23.6 Å². The van der Waals surface area contributed by atoms with Crippen molar-refractivity contribution in [3.8, 4) is 0 Å². The molecular weight excluding hydrogens is 697 g/mol. The highest BCUT2D eigenvalue weighted by atomic mass is 32.1. The van der Waals surface area contributed by atoms with Gasteiger partial charge in [0, 0.05) is 47.6 Å². The lowest BCUT2D eigenvalue weighted by Crippen LogP contribution is -2.43. The van der Waals surface area contributed by atoms with Crippen LogP contribution in [0.25, 0.3) is 22.1 Å². The van der Waals surface area contributed by atoms with Crippen molar-refractivity contribution < 1.29 is 19.2 Å². The van der Waals surface area contributed by atoms with Crippen molar-refractivity contribution in [2.45, 2.75) is 51.6 Å². The van der Waals surface area contributed by atoms with Gasteiger partial charge in [0.2, 0.25) is 11.8 Å². The van der Waals surface area contributed by atoms with Crippen LogP contribution in [0.4, 0.5) is 11.4 Å². The molecule has 0 saturated carbocycles. The number of aryl methyl sites for hydroxylation is 2. The van der Waals surface area contributed by atoms with E-state index in [1.807, 2.05) is 97.7 Å². The summed E-state index contributed by atoms with van der Waals surface area (Å²) >= 11 is 2.95. The highest BCUT2D eigenvalue weighted by Crippen LogP contribution is 2.27. The Morgan fingerprint density at radius 1 is 0.654 bits per heavy atom. The molecule has 0 aliphatic carbocycles. The van der Waals surface area contributed by atoms with Gasteiger partial charge in [0.1, 0.15) is 23.5 Å². The number of hydrogen-bond donors (Lipinski definition) is 2. The Balaban J connectivity index is 0.858. The molecule has 0 unspecified atom stereocenters. The van der Waals surface area contributed by atoms with Crippen molar-refractivity contribution in [3.63, 3.8) is 0 Å². The zero-order chi connectivity index (χ0) is 35.9. The molecule has 0 bridgehead atoms. The number of carbonyl (C=O) groups excluding carboxylic acids is 4. The van der Waals surface area contributed by atoms with Crippen LogP contribution in [0.2, 0.25) is 0 Å². The number of fused-ring (bicyclic) bond motifs is 2. The molecule has 8 rings (SSSR count). The smallest absolute Gasteiger partial charge is 0.273 e. The summed E-state index contributed by atoms with van der Waals surface area (Å²) in [7, 11) is 0. The maximum atomic E-state index is 13.5. The summed E-state index contributed by atoms with van der Waals surface area (Å²) in [6.45, 7) is 4.70. The molecule has 2 aliphatic rings. The summed E-state index contributed by atoms with van der Waals surface area (Å²) in [6.07, 6.45) is 10.4. The second-order valence-electron chi connectivity index (χ2n) is 13.1. The van der Waals surface area contributed by atoms with Crippen LogP contribution in [0, 0.1) is 13.8 Å². The third-order valence-electron chi connectivity index (χ3n) is 9.74.